The number of aromatic nitrogens is 2. The number of amides is 2. The van der Waals surface area contributed by atoms with Crippen molar-refractivity contribution in [3.63, 3.8) is 0 Å². The Bertz CT molecular complexity index is 973. The number of imidazole rings is 1. The minimum atomic E-state index is -0.398. The zero-order valence-corrected chi connectivity index (χ0v) is 15.1. The van der Waals surface area contributed by atoms with Crippen molar-refractivity contribution in [2.45, 2.75) is 25.4 Å². The zero-order chi connectivity index (χ0) is 19.1. The molecule has 2 aliphatic heterocycles. The van der Waals surface area contributed by atoms with Crippen molar-refractivity contribution in [3.8, 4) is 6.07 Å². The molecule has 1 fully saturated rings. The molecule has 1 aromatic carbocycles. The summed E-state index contributed by atoms with van der Waals surface area (Å²) in [6, 6.07) is 9.44. The molecule has 8 heteroatoms. The first-order valence-corrected chi connectivity index (χ1v) is 8.92. The van der Waals surface area contributed by atoms with Gasteiger partial charge in [-0.3, -0.25) is 14.5 Å². The van der Waals surface area contributed by atoms with Gasteiger partial charge in [0.25, 0.3) is 11.8 Å². The van der Waals surface area contributed by atoms with E-state index < -0.39 is 5.91 Å². The molecular formula is C19H20N6O2. The number of piperidine rings is 1. The Hall–Kier alpha value is -3.18. The number of fused-ring (bicyclic) bond motifs is 1. The lowest BCUT2D eigenvalue weighted by Gasteiger charge is -2.32. The monoisotopic (exact) mass is 364 g/mol. The minimum absolute atomic E-state index is 0.0270. The molecule has 27 heavy (non-hydrogen) atoms. The highest BCUT2D eigenvalue weighted by molar-refractivity contribution is 6.19. The third kappa shape index (κ3) is 2.76. The first-order valence-electron chi connectivity index (χ1n) is 8.92. The van der Waals surface area contributed by atoms with Gasteiger partial charge < -0.3 is 15.2 Å². The molecule has 2 aromatic rings. The van der Waals surface area contributed by atoms with Gasteiger partial charge in [-0.25, -0.2) is 4.98 Å². The lowest BCUT2D eigenvalue weighted by molar-refractivity contribution is 0.0686. The highest BCUT2D eigenvalue weighted by Gasteiger charge is 2.40. The van der Waals surface area contributed by atoms with E-state index in [0.29, 0.717) is 24.6 Å². The predicted octanol–water partition coefficient (Wildman–Crippen LogP) is 0.956. The van der Waals surface area contributed by atoms with Crippen LogP contribution in [0, 0.1) is 11.3 Å². The van der Waals surface area contributed by atoms with Crippen LogP contribution >= 0.6 is 0 Å². The number of hydrogen-bond donors (Lipinski definition) is 1. The van der Waals surface area contributed by atoms with Crippen molar-refractivity contribution in [3.05, 3.63) is 46.8 Å². The number of anilines is 1. The maximum Gasteiger partial charge on any atom is 0.281 e. The van der Waals surface area contributed by atoms with Crippen LogP contribution in [0.25, 0.3) is 0 Å². The molecule has 2 N–H and O–H groups in total. The third-order valence-electron chi connectivity index (χ3n) is 5.17. The first-order chi connectivity index (χ1) is 13.0. The van der Waals surface area contributed by atoms with Crippen LogP contribution in [0.15, 0.2) is 24.3 Å². The number of rotatable bonds is 3. The van der Waals surface area contributed by atoms with Crippen LogP contribution in [0.3, 0.4) is 0 Å². The maximum absolute atomic E-state index is 12.7. The van der Waals surface area contributed by atoms with Gasteiger partial charge in [-0.2, -0.15) is 5.26 Å². The van der Waals surface area contributed by atoms with Crippen LogP contribution in [0.1, 0.15) is 44.9 Å². The second-order valence-electron chi connectivity index (χ2n) is 6.98. The SMILES string of the molecule is CN1C(=O)c2nc(N3CCC[C@H](N)C3)n(Cc3ccccc3C#N)c2C1=O. The number of nitriles is 1. The molecule has 0 unspecified atom stereocenters. The molecular weight excluding hydrogens is 344 g/mol. The van der Waals surface area contributed by atoms with Crippen molar-refractivity contribution in [1.29, 1.82) is 5.26 Å². The van der Waals surface area contributed by atoms with Crippen LogP contribution in [0.2, 0.25) is 0 Å². The van der Waals surface area contributed by atoms with Gasteiger partial charge in [-0.15, -0.1) is 0 Å². The molecule has 0 spiro atoms. The van der Waals surface area contributed by atoms with E-state index in [9.17, 15) is 14.9 Å². The largest absolute Gasteiger partial charge is 0.341 e. The minimum Gasteiger partial charge on any atom is -0.341 e. The van der Waals surface area contributed by atoms with Crippen molar-refractivity contribution in [2.24, 2.45) is 5.73 Å². The van der Waals surface area contributed by atoms with Gasteiger partial charge in [0, 0.05) is 26.2 Å². The first kappa shape index (κ1) is 17.2. The van der Waals surface area contributed by atoms with E-state index >= 15 is 0 Å². The summed E-state index contributed by atoms with van der Waals surface area (Å²) in [7, 11) is 1.45. The smallest absolute Gasteiger partial charge is 0.281 e. The number of carbonyl (C=O) groups is 2. The fraction of sp³-hybridized carbons (Fsp3) is 0.368. The maximum atomic E-state index is 12.7. The summed E-state index contributed by atoms with van der Waals surface area (Å²) >= 11 is 0. The normalized spacial score (nSPS) is 19.4. The molecule has 3 heterocycles. The van der Waals surface area contributed by atoms with Gasteiger partial charge in [0.2, 0.25) is 5.95 Å². The van der Waals surface area contributed by atoms with Crippen LogP contribution < -0.4 is 10.6 Å². The van der Waals surface area contributed by atoms with Crippen LogP contribution in [-0.2, 0) is 6.54 Å². The van der Waals surface area contributed by atoms with E-state index in [1.54, 1.807) is 16.7 Å². The van der Waals surface area contributed by atoms with Gasteiger partial charge in [-0.1, -0.05) is 18.2 Å². The third-order valence-corrected chi connectivity index (χ3v) is 5.17. The second kappa shape index (κ2) is 6.52. The molecule has 0 radical (unpaired) electrons. The lowest BCUT2D eigenvalue weighted by Crippen LogP contribution is -2.44. The Morgan fingerprint density at radius 3 is 2.81 bits per heavy atom. The summed E-state index contributed by atoms with van der Waals surface area (Å²) in [4.78, 5) is 32.7. The van der Waals surface area contributed by atoms with E-state index in [2.05, 4.69) is 11.1 Å². The number of imide groups is 1. The van der Waals surface area contributed by atoms with Crippen LogP contribution in [-0.4, -0.2) is 52.4 Å². The lowest BCUT2D eigenvalue weighted by atomic mass is 10.1. The number of nitrogens with zero attached hydrogens (tertiary/aromatic N) is 5. The summed E-state index contributed by atoms with van der Waals surface area (Å²) in [5.41, 5.74) is 7.88. The van der Waals surface area contributed by atoms with Crippen molar-refractivity contribution in [2.75, 3.05) is 25.0 Å². The van der Waals surface area contributed by atoms with Crippen LogP contribution in [0.5, 0.6) is 0 Å². The molecule has 8 nitrogen and oxygen atoms in total. The molecule has 0 aliphatic carbocycles. The van der Waals surface area contributed by atoms with Gasteiger partial charge in [0.05, 0.1) is 18.2 Å². The Balaban J connectivity index is 1.83. The van der Waals surface area contributed by atoms with Gasteiger partial charge in [-0.05, 0) is 24.5 Å². The quantitative estimate of drug-likeness (QED) is 0.813. The molecule has 1 aromatic heterocycles. The molecule has 1 atom stereocenters. The molecule has 0 saturated carbocycles. The van der Waals surface area contributed by atoms with E-state index in [0.717, 1.165) is 29.8 Å². The van der Waals surface area contributed by atoms with E-state index in [4.69, 9.17) is 5.73 Å². The van der Waals surface area contributed by atoms with E-state index in [1.807, 2.05) is 17.0 Å². The summed E-state index contributed by atoms with van der Waals surface area (Å²) in [5, 5.41) is 9.40. The van der Waals surface area contributed by atoms with Crippen molar-refractivity contribution >= 4 is 17.8 Å². The van der Waals surface area contributed by atoms with Gasteiger partial charge in [0.1, 0.15) is 5.69 Å². The fourth-order valence-electron chi connectivity index (χ4n) is 3.74. The molecule has 2 aliphatic rings. The second-order valence-corrected chi connectivity index (χ2v) is 6.98. The molecule has 1 saturated heterocycles. The van der Waals surface area contributed by atoms with Gasteiger partial charge >= 0.3 is 0 Å². The van der Waals surface area contributed by atoms with Crippen molar-refractivity contribution in [1.82, 2.24) is 14.5 Å². The molecule has 138 valence electrons. The Morgan fingerprint density at radius 2 is 2.07 bits per heavy atom. The topological polar surface area (TPSA) is 108 Å². The molecule has 0 bridgehead atoms. The summed E-state index contributed by atoms with van der Waals surface area (Å²) in [6.07, 6.45) is 1.87. The number of nitrogens with two attached hydrogens (primary N) is 1. The summed E-state index contributed by atoms with van der Waals surface area (Å²) < 4.78 is 1.76. The van der Waals surface area contributed by atoms with Crippen molar-refractivity contribution < 1.29 is 9.59 Å². The average Bonchev–Trinajstić information content (AvgIpc) is 3.14. The Morgan fingerprint density at radius 1 is 1.30 bits per heavy atom. The van der Waals surface area contributed by atoms with Gasteiger partial charge in [0.15, 0.2) is 5.69 Å². The zero-order valence-electron chi connectivity index (χ0n) is 15.1. The van der Waals surface area contributed by atoms with E-state index in [1.165, 1.54) is 7.05 Å². The highest BCUT2D eigenvalue weighted by atomic mass is 16.2. The predicted molar refractivity (Wildman–Crippen MR) is 98.3 cm³/mol. The number of carbonyl (C=O) groups excluding carboxylic acids is 2. The highest BCUT2D eigenvalue weighted by Crippen LogP contribution is 2.30. The molecule has 4 rings (SSSR count). The van der Waals surface area contributed by atoms with Crippen LogP contribution in [0.4, 0.5) is 5.95 Å². The van der Waals surface area contributed by atoms with E-state index in [-0.39, 0.29) is 23.3 Å². The standard InChI is InChI=1S/C19H20N6O2/c1-23-17(26)15-16(18(23)27)25(10-13-6-3-2-5-12(13)9-20)19(22-15)24-8-4-7-14(21)11-24/h2-3,5-6,14H,4,7-8,10-11,21H2,1H3/t14-/m0/s1. The average molecular weight is 364 g/mol. The fourth-order valence-corrected chi connectivity index (χ4v) is 3.74. The summed E-state index contributed by atoms with van der Waals surface area (Å²) in [6.45, 7) is 1.68. The summed E-state index contributed by atoms with van der Waals surface area (Å²) in [5.74, 6) is -0.202. The number of benzene rings is 1. The molecule has 2 amide bonds. The Labute approximate surface area is 156 Å². The Kier molecular flexibility index (Phi) is 4.16. The number of hydrogen-bond acceptors (Lipinski definition) is 6.